The molecule has 1 aliphatic heterocycles. The normalized spacial score (nSPS) is 22.9. The molecule has 6 amide bonds. The molecule has 1 fully saturated rings. The number of rotatable bonds is 9. The van der Waals surface area contributed by atoms with Crippen LogP contribution in [0, 0.1) is 5.92 Å². The molecule has 0 aliphatic carbocycles. The van der Waals surface area contributed by atoms with Gasteiger partial charge in [-0.2, -0.15) is 0 Å². The van der Waals surface area contributed by atoms with Crippen LogP contribution in [0.4, 0.5) is 0 Å². The number of benzene rings is 2. The first kappa shape index (κ1) is 39.2. The zero-order valence-electron chi connectivity index (χ0n) is 30.3. The first-order valence-corrected chi connectivity index (χ1v) is 17.9. The van der Waals surface area contributed by atoms with Gasteiger partial charge in [0.15, 0.2) is 0 Å². The number of para-hydroxylation sites is 1. The number of carbonyl (C=O) groups excluding carboxylic acids is 6. The van der Waals surface area contributed by atoms with Gasteiger partial charge in [0.1, 0.15) is 30.2 Å². The van der Waals surface area contributed by atoms with E-state index < -0.39 is 78.3 Å². The standard InChI is InChI=1S/C38H47N9O7/c1-21(2)13-28-35(51)45-31(16-25-18-39-20-42-25)36(52)44-30(15-24-17-40-27-12-8-7-11-26(24)27)34(50)41-19-32(49)43-29(14-23-9-5-4-6-10-23)37(53)47-33(22(3)48)38(54)46-28/h4-12,17-18,20-22,28-31,33,40,48H,13-16,19H2,1-3H3,(H,39,42)(H,41,50)(H,43,49)(H,44,52)(H,45,51)(H,46,54)(H,47,53)/t22-,28+,29+,30+,31+,33+/m1/s1. The van der Waals surface area contributed by atoms with Gasteiger partial charge in [-0.3, -0.25) is 28.8 Å². The molecule has 1 aliphatic rings. The third-order valence-corrected chi connectivity index (χ3v) is 9.10. The van der Waals surface area contributed by atoms with Crippen molar-refractivity contribution < 1.29 is 33.9 Å². The molecule has 0 unspecified atom stereocenters. The minimum atomic E-state index is -1.51. The molecule has 2 aromatic heterocycles. The summed E-state index contributed by atoms with van der Waals surface area (Å²) < 4.78 is 0. The van der Waals surface area contributed by atoms with Gasteiger partial charge in [-0.1, -0.05) is 62.4 Å². The highest BCUT2D eigenvalue weighted by molar-refractivity contribution is 5.98. The number of aliphatic hydroxyl groups is 1. The smallest absolute Gasteiger partial charge is 0.245 e. The Morgan fingerprint density at radius 2 is 1.31 bits per heavy atom. The van der Waals surface area contributed by atoms with Gasteiger partial charge < -0.3 is 47.0 Å². The molecule has 0 saturated carbocycles. The summed E-state index contributed by atoms with van der Waals surface area (Å²) in [4.78, 5) is 92.7. The second kappa shape index (κ2) is 18.1. The summed E-state index contributed by atoms with van der Waals surface area (Å²) in [7, 11) is 0. The van der Waals surface area contributed by atoms with E-state index >= 15 is 0 Å². The molecule has 6 atom stereocenters. The molecule has 16 heteroatoms. The Hall–Kier alpha value is -6.03. The Balaban J connectivity index is 1.50. The van der Waals surface area contributed by atoms with Gasteiger partial charge in [0.2, 0.25) is 35.4 Å². The fraction of sp³-hybridized carbons (Fsp3) is 0.395. The van der Waals surface area contributed by atoms with Crippen LogP contribution in [-0.4, -0.2) is 98.4 Å². The lowest BCUT2D eigenvalue weighted by Gasteiger charge is -2.29. The van der Waals surface area contributed by atoms with Crippen LogP contribution in [0.2, 0.25) is 0 Å². The molecule has 16 nitrogen and oxygen atoms in total. The summed E-state index contributed by atoms with van der Waals surface area (Å²) in [6.45, 7) is 4.45. The van der Waals surface area contributed by atoms with E-state index in [2.05, 4.69) is 46.9 Å². The second-order valence-electron chi connectivity index (χ2n) is 13.9. The van der Waals surface area contributed by atoms with Gasteiger partial charge in [0.25, 0.3) is 0 Å². The van der Waals surface area contributed by atoms with E-state index in [4.69, 9.17) is 0 Å². The lowest BCUT2D eigenvalue weighted by atomic mass is 10.00. The molecule has 0 spiro atoms. The molecule has 3 heterocycles. The third-order valence-electron chi connectivity index (χ3n) is 9.10. The number of aromatic amines is 2. The number of amides is 6. The molecular weight excluding hydrogens is 694 g/mol. The van der Waals surface area contributed by atoms with E-state index in [-0.39, 0.29) is 31.6 Å². The van der Waals surface area contributed by atoms with Gasteiger partial charge in [0, 0.05) is 48.3 Å². The number of nitrogens with one attached hydrogen (secondary N) is 8. The van der Waals surface area contributed by atoms with Crippen molar-refractivity contribution in [3.05, 3.63) is 90.1 Å². The van der Waals surface area contributed by atoms with Crippen molar-refractivity contribution in [3.63, 3.8) is 0 Å². The van der Waals surface area contributed by atoms with Gasteiger partial charge in [-0.05, 0) is 36.5 Å². The number of imidazole rings is 1. The summed E-state index contributed by atoms with van der Waals surface area (Å²) >= 11 is 0. The fourth-order valence-corrected chi connectivity index (χ4v) is 6.32. The van der Waals surface area contributed by atoms with Crippen LogP contribution in [0.3, 0.4) is 0 Å². The summed E-state index contributed by atoms with van der Waals surface area (Å²) in [5.41, 5.74) is 2.75. The summed E-state index contributed by atoms with van der Waals surface area (Å²) in [6.07, 6.45) is 3.41. The number of carbonyl (C=O) groups is 6. The van der Waals surface area contributed by atoms with Gasteiger partial charge in [-0.15, -0.1) is 0 Å². The molecular formula is C38H47N9O7. The van der Waals surface area contributed by atoms with Crippen LogP contribution >= 0.6 is 0 Å². The number of nitrogens with zero attached hydrogens (tertiary/aromatic N) is 1. The molecule has 9 N–H and O–H groups in total. The van der Waals surface area contributed by atoms with Crippen LogP contribution in [0.5, 0.6) is 0 Å². The lowest BCUT2D eigenvalue weighted by Crippen LogP contribution is -2.62. The Kier molecular flexibility index (Phi) is 13.2. The van der Waals surface area contributed by atoms with Crippen LogP contribution < -0.4 is 31.9 Å². The molecule has 1 saturated heterocycles. The number of aromatic nitrogens is 3. The maximum Gasteiger partial charge on any atom is 0.245 e. The van der Waals surface area contributed by atoms with Crippen molar-refractivity contribution in [2.45, 2.75) is 82.8 Å². The Morgan fingerprint density at radius 1 is 0.685 bits per heavy atom. The maximum absolute atomic E-state index is 14.1. The van der Waals surface area contributed by atoms with Crippen molar-refractivity contribution >= 4 is 46.3 Å². The van der Waals surface area contributed by atoms with Crippen LogP contribution in [0.15, 0.2) is 73.3 Å². The highest BCUT2D eigenvalue weighted by Crippen LogP contribution is 2.19. The largest absolute Gasteiger partial charge is 0.391 e. The monoisotopic (exact) mass is 741 g/mol. The van der Waals surface area contributed by atoms with E-state index in [1.54, 1.807) is 36.5 Å². The first-order valence-electron chi connectivity index (χ1n) is 17.9. The maximum atomic E-state index is 14.1. The minimum absolute atomic E-state index is 0.0237. The molecule has 286 valence electrons. The second-order valence-corrected chi connectivity index (χ2v) is 13.9. The zero-order chi connectivity index (χ0) is 38.8. The SMILES string of the molecule is CC(C)C[C@@H]1NC(=O)[C@H]([C@@H](C)O)NC(=O)[C@H](Cc2ccccc2)NC(=O)CNC(=O)[C@H](Cc2c[nH]c3ccccc23)NC(=O)[C@H](Cc2cnc[nH]2)NC1=O. The van der Waals surface area contributed by atoms with Gasteiger partial charge in [-0.25, -0.2) is 4.98 Å². The van der Waals surface area contributed by atoms with E-state index in [0.717, 1.165) is 16.5 Å². The van der Waals surface area contributed by atoms with Crippen LogP contribution in [-0.2, 0) is 48.0 Å². The first-order chi connectivity index (χ1) is 25.9. The van der Waals surface area contributed by atoms with Crippen molar-refractivity contribution in [1.82, 2.24) is 46.9 Å². The number of hydrogen-bond acceptors (Lipinski definition) is 8. The van der Waals surface area contributed by atoms with Crippen molar-refractivity contribution in [3.8, 4) is 0 Å². The number of aliphatic hydroxyl groups excluding tert-OH is 1. The average Bonchev–Trinajstić information content (AvgIpc) is 3.81. The van der Waals surface area contributed by atoms with E-state index in [0.29, 0.717) is 11.3 Å². The van der Waals surface area contributed by atoms with Crippen molar-refractivity contribution in [2.24, 2.45) is 5.92 Å². The van der Waals surface area contributed by atoms with E-state index in [1.807, 2.05) is 38.1 Å². The predicted octanol–water partition coefficient (Wildman–Crippen LogP) is -0.100. The van der Waals surface area contributed by atoms with Gasteiger partial charge >= 0.3 is 0 Å². The van der Waals surface area contributed by atoms with Crippen LogP contribution in [0.1, 0.15) is 44.0 Å². The number of H-pyrrole nitrogens is 2. The third kappa shape index (κ3) is 10.5. The topological polar surface area (TPSA) is 239 Å². The Morgan fingerprint density at radius 3 is 2.00 bits per heavy atom. The van der Waals surface area contributed by atoms with Crippen molar-refractivity contribution in [2.75, 3.05) is 6.54 Å². The summed E-state index contributed by atoms with van der Waals surface area (Å²) in [5, 5.41) is 27.4. The lowest BCUT2D eigenvalue weighted by molar-refractivity contribution is -0.137. The fourth-order valence-electron chi connectivity index (χ4n) is 6.32. The molecule has 54 heavy (non-hydrogen) atoms. The Labute approximate surface area is 312 Å². The van der Waals surface area contributed by atoms with E-state index in [1.165, 1.54) is 19.4 Å². The Bertz CT molecular complexity index is 1930. The quantitative estimate of drug-likeness (QED) is 0.112. The number of fused-ring (bicyclic) bond motifs is 1. The minimum Gasteiger partial charge on any atom is -0.391 e. The molecule has 0 bridgehead atoms. The number of hydrogen-bond donors (Lipinski definition) is 9. The highest BCUT2D eigenvalue weighted by atomic mass is 16.3. The van der Waals surface area contributed by atoms with E-state index in [9.17, 15) is 33.9 Å². The molecule has 0 radical (unpaired) electrons. The average molecular weight is 742 g/mol. The van der Waals surface area contributed by atoms with Crippen LogP contribution in [0.25, 0.3) is 10.9 Å². The highest BCUT2D eigenvalue weighted by Gasteiger charge is 2.35. The van der Waals surface area contributed by atoms with Crippen molar-refractivity contribution in [1.29, 1.82) is 0 Å². The zero-order valence-corrected chi connectivity index (χ0v) is 30.3. The summed E-state index contributed by atoms with van der Waals surface area (Å²) in [5.74, 6) is -4.50. The molecule has 2 aromatic carbocycles. The predicted molar refractivity (Wildman–Crippen MR) is 198 cm³/mol. The van der Waals surface area contributed by atoms with Gasteiger partial charge in [0.05, 0.1) is 19.0 Å². The summed E-state index contributed by atoms with van der Waals surface area (Å²) in [6, 6.07) is 9.96. The molecule has 4 aromatic rings. The molecule has 5 rings (SSSR count).